The summed E-state index contributed by atoms with van der Waals surface area (Å²) in [5, 5.41) is 4.39. The molecular formula is C16H20N2S. The van der Waals surface area contributed by atoms with E-state index >= 15 is 0 Å². The lowest BCUT2D eigenvalue weighted by Crippen LogP contribution is -2.27. The van der Waals surface area contributed by atoms with Gasteiger partial charge in [0.15, 0.2) is 0 Å². The van der Waals surface area contributed by atoms with Crippen molar-refractivity contribution in [2.75, 3.05) is 4.90 Å². The van der Waals surface area contributed by atoms with E-state index in [9.17, 15) is 0 Å². The fourth-order valence-electron chi connectivity index (χ4n) is 2.51. The predicted octanol–water partition coefficient (Wildman–Crippen LogP) is 3.94. The monoisotopic (exact) mass is 272 g/mol. The summed E-state index contributed by atoms with van der Waals surface area (Å²) in [6.07, 6.45) is 2.61. The van der Waals surface area contributed by atoms with Crippen LogP contribution in [0.2, 0.25) is 0 Å². The van der Waals surface area contributed by atoms with Gasteiger partial charge >= 0.3 is 0 Å². The zero-order valence-electron chi connectivity index (χ0n) is 11.3. The van der Waals surface area contributed by atoms with Crippen LogP contribution < -0.4 is 10.6 Å². The third kappa shape index (κ3) is 2.82. The Balaban J connectivity index is 1.92. The molecule has 3 heteroatoms. The minimum atomic E-state index is 0.0833. The van der Waals surface area contributed by atoms with Gasteiger partial charge in [0.25, 0.3) is 0 Å². The van der Waals surface area contributed by atoms with Crippen LogP contribution in [0.25, 0.3) is 0 Å². The number of benzene rings is 1. The predicted molar refractivity (Wildman–Crippen MR) is 82.6 cm³/mol. The number of nitrogens with zero attached hydrogens (tertiary/aromatic N) is 1. The lowest BCUT2D eigenvalue weighted by atomic mass is 10.1. The van der Waals surface area contributed by atoms with Gasteiger partial charge < -0.3 is 10.6 Å². The van der Waals surface area contributed by atoms with E-state index in [-0.39, 0.29) is 6.04 Å². The van der Waals surface area contributed by atoms with E-state index in [4.69, 9.17) is 5.73 Å². The summed E-state index contributed by atoms with van der Waals surface area (Å²) in [4.78, 5) is 2.53. The van der Waals surface area contributed by atoms with Crippen molar-refractivity contribution >= 4 is 17.0 Å². The van der Waals surface area contributed by atoms with Crippen LogP contribution >= 0.6 is 11.3 Å². The molecule has 19 heavy (non-hydrogen) atoms. The Bertz CT molecular complexity index is 529. The molecule has 0 aliphatic heterocycles. The minimum absolute atomic E-state index is 0.0833. The molecule has 0 spiro atoms. The summed E-state index contributed by atoms with van der Waals surface area (Å²) >= 11 is 1.77. The molecule has 2 N–H and O–H groups in total. The molecule has 0 amide bonds. The van der Waals surface area contributed by atoms with Gasteiger partial charge in [0.2, 0.25) is 0 Å². The van der Waals surface area contributed by atoms with E-state index in [1.54, 1.807) is 11.3 Å². The van der Waals surface area contributed by atoms with Crippen LogP contribution in [0, 0.1) is 0 Å². The maximum atomic E-state index is 6.12. The van der Waals surface area contributed by atoms with Gasteiger partial charge in [-0.05, 0) is 53.8 Å². The molecular weight excluding hydrogens is 252 g/mol. The van der Waals surface area contributed by atoms with Crippen LogP contribution in [0.1, 0.15) is 36.9 Å². The zero-order valence-corrected chi connectivity index (χ0v) is 12.1. The molecule has 1 aliphatic rings. The van der Waals surface area contributed by atoms with Crippen molar-refractivity contribution in [3.8, 4) is 0 Å². The second-order valence-electron chi connectivity index (χ2n) is 5.34. The molecule has 3 rings (SSSR count). The Morgan fingerprint density at radius 3 is 2.74 bits per heavy atom. The van der Waals surface area contributed by atoms with Gasteiger partial charge in [-0.1, -0.05) is 18.2 Å². The van der Waals surface area contributed by atoms with Crippen LogP contribution in [-0.2, 0) is 6.54 Å². The van der Waals surface area contributed by atoms with E-state index in [1.807, 2.05) is 0 Å². The van der Waals surface area contributed by atoms with Crippen LogP contribution in [0.15, 0.2) is 41.1 Å². The van der Waals surface area contributed by atoms with Crippen molar-refractivity contribution in [1.29, 1.82) is 0 Å². The van der Waals surface area contributed by atoms with Crippen LogP contribution in [0.5, 0.6) is 0 Å². The highest BCUT2D eigenvalue weighted by Gasteiger charge is 2.30. The van der Waals surface area contributed by atoms with Gasteiger partial charge in [0.05, 0.1) is 0 Å². The highest BCUT2D eigenvalue weighted by Crippen LogP contribution is 2.36. The van der Waals surface area contributed by atoms with Gasteiger partial charge in [0, 0.05) is 24.3 Å². The van der Waals surface area contributed by atoms with Crippen LogP contribution in [0.3, 0.4) is 0 Å². The molecule has 1 fully saturated rings. The number of thiophene rings is 1. The average molecular weight is 272 g/mol. The van der Waals surface area contributed by atoms with E-state index in [0.717, 1.165) is 6.54 Å². The van der Waals surface area contributed by atoms with Gasteiger partial charge in [-0.15, -0.1) is 0 Å². The molecule has 1 aliphatic carbocycles. The number of nitrogens with two attached hydrogens (primary N) is 1. The summed E-state index contributed by atoms with van der Waals surface area (Å²) in [6.45, 7) is 3.06. The van der Waals surface area contributed by atoms with Crippen molar-refractivity contribution < 1.29 is 0 Å². The summed E-state index contributed by atoms with van der Waals surface area (Å²) < 4.78 is 0. The number of hydrogen-bond donors (Lipinski definition) is 1. The van der Waals surface area contributed by atoms with Gasteiger partial charge in [-0.2, -0.15) is 11.3 Å². The highest BCUT2D eigenvalue weighted by molar-refractivity contribution is 7.07. The van der Waals surface area contributed by atoms with E-state index in [1.165, 1.54) is 29.7 Å². The SMILES string of the molecule is C[C@H](N)c1ccccc1N(Cc1ccsc1)C1CC1. The number of rotatable bonds is 5. The van der Waals surface area contributed by atoms with Gasteiger partial charge in [-0.25, -0.2) is 0 Å². The Morgan fingerprint density at radius 1 is 1.32 bits per heavy atom. The summed E-state index contributed by atoms with van der Waals surface area (Å²) in [5.74, 6) is 0. The molecule has 2 nitrogen and oxygen atoms in total. The first-order chi connectivity index (χ1) is 9.25. The number of para-hydroxylation sites is 1. The molecule has 1 atom stereocenters. The smallest absolute Gasteiger partial charge is 0.0440 e. The molecule has 0 bridgehead atoms. The Morgan fingerprint density at radius 2 is 2.11 bits per heavy atom. The largest absolute Gasteiger partial charge is 0.364 e. The summed E-state index contributed by atoms with van der Waals surface area (Å²) in [6, 6.07) is 11.6. The maximum Gasteiger partial charge on any atom is 0.0440 e. The second kappa shape index (κ2) is 5.35. The third-order valence-electron chi connectivity index (χ3n) is 3.66. The zero-order chi connectivity index (χ0) is 13.2. The summed E-state index contributed by atoms with van der Waals surface area (Å²) in [5.41, 5.74) is 10.1. The molecule has 100 valence electrons. The van der Waals surface area contributed by atoms with Gasteiger partial charge in [-0.3, -0.25) is 0 Å². The van der Waals surface area contributed by atoms with Crippen molar-refractivity contribution in [2.45, 2.75) is 38.4 Å². The van der Waals surface area contributed by atoms with Crippen molar-refractivity contribution in [3.05, 3.63) is 52.2 Å². The van der Waals surface area contributed by atoms with Gasteiger partial charge in [0.1, 0.15) is 0 Å². The molecule has 0 radical (unpaired) electrons. The average Bonchev–Trinajstić information content (AvgIpc) is 3.13. The first-order valence-electron chi connectivity index (χ1n) is 6.88. The molecule has 1 aromatic heterocycles. The Hall–Kier alpha value is -1.32. The minimum Gasteiger partial charge on any atom is -0.364 e. The number of hydrogen-bond acceptors (Lipinski definition) is 3. The van der Waals surface area contributed by atoms with Crippen molar-refractivity contribution in [3.63, 3.8) is 0 Å². The Labute approximate surface area is 118 Å². The first-order valence-corrected chi connectivity index (χ1v) is 7.82. The van der Waals surface area contributed by atoms with Crippen LogP contribution in [0.4, 0.5) is 5.69 Å². The lowest BCUT2D eigenvalue weighted by molar-refractivity contribution is 0.759. The van der Waals surface area contributed by atoms with E-state index in [2.05, 4.69) is 52.9 Å². The van der Waals surface area contributed by atoms with Crippen molar-refractivity contribution in [2.24, 2.45) is 5.73 Å². The standard InChI is InChI=1S/C16H20N2S/c1-12(17)15-4-2-3-5-16(15)18(14-6-7-14)10-13-8-9-19-11-13/h2-5,8-9,11-12,14H,6-7,10,17H2,1H3/t12-/m0/s1. The molecule has 0 saturated heterocycles. The molecule has 1 aromatic carbocycles. The molecule has 2 aromatic rings. The fraction of sp³-hybridized carbons (Fsp3) is 0.375. The highest BCUT2D eigenvalue weighted by atomic mass is 32.1. The molecule has 1 saturated carbocycles. The number of anilines is 1. The fourth-order valence-corrected chi connectivity index (χ4v) is 3.17. The quantitative estimate of drug-likeness (QED) is 0.893. The Kier molecular flexibility index (Phi) is 3.58. The van der Waals surface area contributed by atoms with Crippen LogP contribution in [-0.4, -0.2) is 6.04 Å². The van der Waals surface area contributed by atoms with E-state index in [0.29, 0.717) is 6.04 Å². The normalized spacial score (nSPS) is 16.3. The van der Waals surface area contributed by atoms with E-state index < -0.39 is 0 Å². The third-order valence-corrected chi connectivity index (χ3v) is 4.39. The topological polar surface area (TPSA) is 29.3 Å². The summed E-state index contributed by atoms with van der Waals surface area (Å²) in [7, 11) is 0. The second-order valence-corrected chi connectivity index (χ2v) is 6.12. The maximum absolute atomic E-state index is 6.12. The molecule has 1 heterocycles. The lowest BCUT2D eigenvalue weighted by Gasteiger charge is -2.28. The first kappa shape index (κ1) is 12.7. The van der Waals surface area contributed by atoms with Crippen molar-refractivity contribution in [1.82, 2.24) is 0 Å². The molecule has 0 unspecified atom stereocenters.